The van der Waals surface area contributed by atoms with Crippen LogP contribution in [0.4, 0.5) is 0 Å². The van der Waals surface area contributed by atoms with Crippen molar-refractivity contribution >= 4 is 75.1 Å². The minimum atomic E-state index is 0.578. The van der Waals surface area contributed by atoms with Gasteiger partial charge in [0.15, 0.2) is 11.6 Å². The van der Waals surface area contributed by atoms with Crippen molar-refractivity contribution in [3.63, 3.8) is 0 Å². The molecule has 14 rings (SSSR count). The van der Waals surface area contributed by atoms with Crippen molar-refractivity contribution in [2.75, 3.05) is 0 Å². The van der Waals surface area contributed by atoms with Gasteiger partial charge in [0.05, 0.1) is 27.8 Å². The molecule has 292 valence electrons. The van der Waals surface area contributed by atoms with Crippen LogP contribution in [0.2, 0.25) is 0 Å². The lowest BCUT2D eigenvalue weighted by molar-refractivity contribution is 0.954. The predicted octanol–water partition coefficient (Wildman–Crippen LogP) is 15.1. The highest BCUT2D eigenvalue weighted by molar-refractivity contribution is 7.25. The second kappa shape index (κ2) is 13.2. The van der Waals surface area contributed by atoms with E-state index in [0.29, 0.717) is 17.6 Å². The smallest absolute Gasteiger partial charge is 0.238 e. The summed E-state index contributed by atoms with van der Waals surface area (Å²) in [5, 5.41) is 7.23. The molecule has 5 nitrogen and oxygen atoms in total. The molecule has 0 N–H and O–H groups in total. The molecule has 0 unspecified atom stereocenters. The Labute approximate surface area is 365 Å². The van der Waals surface area contributed by atoms with Crippen LogP contribution in [-0.4, -0.2) is 24.1 Å². The summed E-state index contributed by atoms with van der Waals surface area (Å²) < 4.78 is 7.18. The lowest BCUT2D eigenvalue weighted by Gasteiger charge is -2.13. The molecule has 4 aromatic heterocycles. The summed E-state index contributed by atoms with van der Waals surface area (Å²) >= 11 is 1.81. The van der Waals surface area contributed by atoms with Crippen molar-refractivity contribution in [1.82, 2.24) is 24.1 Å². The van der Waals surface area contributed by atoms with Gasteiger partial charge in [-0.3, -0.25) is 4.57 Å². The van der Waals surface area contributed by atoms with Gasteiger partial charge < -0.3 is 4.57 Å². The van der Waals surface area contributed by atoms with Crippen LogP contribution in [-0.2, 0) is 0 Å². The first kappa shape index (κ1) is 34.5. The van der Waals surface area contributed by atoms with E-state index in [2.05, 4.69) is 191 Å². The number of hydrogen-bond acceptors (Lipinski definition) is 4. The third-order valence-electron chi connectivity index (χ3n) is 12.9. The normalized spacial score (nSPS) is 12.1. The van der Waals surface area contributed by atoms with Crippen LogP contribution < -0.4 is 0 Å². The topological polar surface area (TPSA) is 48.5 Å². The standard InChI is InChI=1S/C57H33N5S/c1-3-14-34(15-4-1)36-26-28-42-43-29-27-37(31-53(43)63-52(42)30-36)56-58-55(35-16-5-2-6-17-35)59-57(60-56)62-49-25-12-10-21-41(49)46-32-47-45-23-13-22-44-39-19-8-7-18-38(39)40-20-9-11-24-48(40)61(54(44)45)50(47)33-51(46)62/h1-33H. The Bertz CT molecular complexity index is 4030. The molecule has 0 saturated heterocycles. The van der Waals surface area contributed by atoms with E-state index in [0.717, 1.165) is 38.4 Å². The molecule has 1 aliphatic rings. The van der Waals surface area contributed by atoms with E-state index in [1.54, 1.807) is 0 Å². The SMILES string of the molecule is c1ccc(-c2ccc3c(c2)sc2cc(-c4nc(-c5ccccc5)nc(-n5c6ccccc6c6cc7c8cccc9c8n(c7cc65)-c5ccccc5-c5ccccc5-9)n4)ccc23)cc1. The molecule has 0 fully saturated rings. The number of aromatic nitrogens is 5. The average Bonchev–Trinajstić information content (AvgIpc) is 3.97. The van der Waals surface area contributed by atoms with Crippen molar-refractivity contribution in [3.05, 3.63) is 200 Å². The fourth-order valence-electron chi connectivity index (χ4n) is 10.1. The molecule has 13 aromatic rings. The van der Waals surface area contributed by atoms with Gasteiger partial charge in [0, 0.05) is 64.0 Å². The molecule has 0 saturated carbocycles. The number of hydrogen-bond donors (Lipinski definition) is 0. The molecular weight excluding hydrogens is 787 g/mol. The van der Waals surface area contributed by atoms with Crippen LogP contribution in [0, 0.1) is 0 Å². The largest absolute Gasteiger partial charge is 0.308 e. The highest BCUT2D eigenvalue weighted by atomic mass is 32.1. The van der Waals surface area contributed by atoms with Crippen LogP contribution in [0.1, 0.15) is 0 Å². The van der Waals surface area contributed by atoms with Crippen molar-refractivity contribution in [3.8, 4) is 67.8 Å². The number of para-hydroxylation sites is 3. The number of benzene rings is 9. The van der Waals surface area contributed by atoms with E-state index in [1.807, 2.05) is 29.5 Å². The van der Waals surface area contributed by atoms with Gasteiger partial charge in [0.25, 0.3) is 0 Å². The highest BCUT2D eigenvalue weighted by Crippen LogP contribution is 2.48. The molecule has 6 heteroatoms. The van der Waals surface area contributed by atoms with Crippen LogP contribution in [0.3, 0.4) is 0 Å². The summed E-state index contributed by atoms with van der Waals surface area (Å²) in [6.45, 7) is 0. The molecule has 0 aliphatic carbocycles. The summed E-state index contributed by atoms with van der Waals surface area (Å²) in [6, 6.07) is 72.0. The fourth-order valence-corrected chi connectivity index (χ4v) is 11.3. The average molecular weight is 820 g/mol. The highest BCUT2D eigenvalue weighted by Gasteiger charge is 2.26. The van der Waals surface area contributed by atoms with Gasteiger partial charge in [0.2, 0.25) is 5.95 Å². The summed E-state index contributed by atoms with van der Waals surface area (Å²) in [5.74, 6) is 1.84. The third kappa shape index (κ3) is 5.07. The molecule has 9 aromatic carbocycles. The minimum Gasteiger partial charge on any atom is -0.308 e. The zero-order valence-corrected chi connectivity index (χ0v) is 34.5. The Hall–Kier alpha value is -8.19. The lowest BCUT2D eigenvalue weighted by atomic mass is 9.94. The second-order valence-corrected chi connectivity index (χ2v) is 17.5. The molecule has 0 radical (unpaired) electrons. The predicted molar refractivity (Wildman–Crippen MR) is 262 cm³/mol. The number of nitrogens with zero attached hydrogens (tertiary/aromatic N) is 5. The minimum absolute atomic E-state index is 0.578. The molecule has 0 atom stereocenters. The third-order valence-corrected chi connectivity index (χ3v) is 14.0. The molecule has 0 bridgehead atoms. The molecule has 63 heavy (non-hydrogen) atoms. The first-order valence-corrected chi connectivity index (χ1v) is 22.1. The Morgan fingerprint density at radius 2 is 0.889 bits per heavy atom. The van der Waals surface area contributed by atoms with Crippen LogP contribution in [0.5, 0.6) is 0 Å². The maximum absolute atomic E-state index is 5.39. The van der Waals surface area contributed by atoms with Crippen molar-refractivity contribution < 1.29 is 0 Å². The van der Waals surface area contributed by atoms with E-state index in [1.165, 1.54) is 75.5 Å². The van der Waals surface area contributed by atoms with Gasteiger partial charge in [0.1, 0.15) is 0 Å². The van der Waals surface area contributed by atoms with Crippen LogP contribution in [0.25, 0.3) is 132 Å². The molecule has 0 spiro atoms. The van der Waals surface area contributed by atoms with E-state index in [9.17, 15) is 0 Å². The maximum atomic E-state index is 5.39. The quantitative estimate of drug-likeness (QED) is 0.178. The lowest BCUT2D eigenvalue weighted by Crippen LogP contribution is -2.06. The summed E-state index contributed by atoms with van der Waals surface area (Å²) in [6.07, 6.45) is 0. The monoisotopic (exact) mass is 819 g/mol. The number of rotatable bonds is 4. The number of thiophene rings is 1. The van der Waals surface area contributed by atoms with E-state index < -0.39 is 0 Å². The van der Waals surface area contributed by atoms with Gasteiger partial charge in [-0.1, -0.05) is 164 Å². The van der Waals surface area contributed by atoms with Crippen molar-refractivity contribution in [1.29, 1.82) is 0 Å². The Morgan fingerprint density at radius 1 is 0.317 bits per heavy atom. The zero-order valence-electron chi connectivity index (χ0n) is 33.7. The van der Waals surface area contributed by atoms with Gasteiger partial charge in [-0.05, 0) is 58.7 Å². The number of fused-ring (bicyclic) bond motifs is 14. The van der Waals surface area contributed by atoms with E-state index in [-0.39, 0.29) is 0 Å². The van der Waals surface area contributed by atoms with Crippen LogP contribution >= 0.6 is 11.3 Å². The van der Waals surface area contributed by atoms with Gasteiger partial charge in [-0.15, -0.1) is 11.3 Å². The maximum Gasteiger partial charge on any atom is 0.238 e. The van der Waals surface area contributed by atoms with E-state index >= 15 is 0 Å². The Balaban J connectivity index is 1.02. The second-order valence-electron chi connectivity index (χ2n) is 16.4. The molecular formula is C57H33N5S. The van der Waals surface area contributed by atoms with Crippen LogP contribution in [0.15, 0.2) is 200 Å². The van der Waals surface area contributed by atoms with Crippen molar-refractivity contribution in [2.45, 2.75) is 0 Å². The Kier molecular flexibility index (Phi) is 7.21. The fraction of sp³-hybridized carbons (Fsp3) is 0. The summed E-state index contributed by atoms with van der Waals surface area (Å²) in [4.78, 5) is 15.9. The Morgan fingerprint density at radius 3 is 1.68 bits per heavy atom. The summed E-state index contributed by atoms with van der Waals surface area (Å²) in [5.41, 5.74) is 14.8. The van der Waals surface area contributed by atoms with Gasteiger partial charge >= 0.3 is 0 Å². The van der Waals surface area contributed by atoms with Gasteiger partial charge in [-0.25, -0.2) is 4.98 Å². The zero-order chi connectivity index (χ0) is 41.2. The molecule has 5 heterocycles. The van der Waals surface area contributed by atoms with Crippen molar-refractivity contribution in [2.24, 2.45) is 0 Å². The molecule has 1 aliphatic heterocycles. The molecule has 0 amide bonds. The summed E-state index contributed by atoms with van der Waals surface area (Å²) in [7, 11) is 0. The van der Waals surface area contributed by atoms with Gasteiger partial charge in [-0.2, -0.15) is 9.97 Å². The first-order valence-electron chi connectivity index (χ1n) is 21.3. The van der Waals surface area contributed by atoms with E-state index in [4.69, 9.17) is 15.0 Å². The first-order chi connectivity index (χ1) is 31.2.